The second-order valence-electron chi connectivity index (χ2n) is 5.14. The molecule has 0 unspecified atom stereocenters. The summed E-state index contributed by atoms with van der Waals surface area (Å²) in [5.74, 6) is 2.88. The van der Waals surface area contributed by atoms with Gasteiger partial charge in [-0.25, -0.2) is 4.98 Å². The second-order valence-corrected chi connectivity index (χ2v) is 6.11. The van der Waals surface area contributed by atoms with E-state index in [9.17, 15) is 10.1 Å². The molecule has 0 aliphatic rings. The van der Waals surface area contributed by atoms with Crippen molar-refractivity contribution in [2.75, 3.05) is 5.75 Å². The Morgan fingerprint density at radius 1 is 1.04 bits per heavy atom. The van der Waals surface area contributed by atoms with Crippen molar-refractivity contribution in [2.45, 2.75) is 5.16 Å². The predicted octanol–water partition coefficient (Wildman–Crippen LogP) is 3.70. The fraction of sp³-hybridized carbons (Fsp3) is 0.0500. The number of rotatable bonds is 4. The number of H-pyrrole nitrogens is 1. The summed E-state index contributed by atoms with van der Waals surface area (Å²) in [6.07, 6.45) is 5.25. The van der Waals surface area contributed by atoms with Gasteiger partial charge in [0.05, 0.1) is 11.4 Å². The molecule has 25 heavy (non-hydrogen) atoms. The van der Waals surface area contributed by atoms with Crippen molar-refractivity contribution in [2.24, 2.45) is 0 Å². The van der Waals surface area contributed by atoms with Crippen LogP contribution in [-0.2, 0) is 0 Å². The Morgan fingerprint density at radius 3 is 2.32 bits per heavy atom. The van der Waals surface area contributed by atoms with Gasteiger partial charge in [0.2, 0.25) is 0 Å². The van der Waals surface area contributed by atoms with E-state index in [2.05, 4.69) is 15.9 Å². The lowest BCUT2D eigenvalue weighted by molar-refractivity contribution is 0.937. The molecular formula is C20H13N3OS. The van der Waals surface area contributed by atoms with Crippen LogP contribution in [-0.4, -0.2) is 15.7 Å². The Balaban J connectivity index is 2.04. The molecule has 0 radical (unpaired) electrons. The zero-order valence-electron chi connectivity index (χ0n) is 13.2. The molecule has 3 rings (SSSR count). The molecule has 2 aromatic carbocycles. The Labute approximate surface area is 149 Å². The van der Waals surface area contributed by atoms with Gasteiger partial charge < -0.3 is 4.98 Å². The minimum absolute atomic E-state index is 0.00230. The maximum Gasteiger partial charge on any atom is 0.270 e. The van der Waals surface area contributed by atoms with E-state index in [0.717, 1.165) is 11.1 Å². The van der Waals surface area contributed by atoms with Crippen molar-refractivity contribution in [1.82, 2.24) is 9.97 Å². The molecule has 0 spiro atoms. The fourth-order valence-electron chi connectivity index (χ4n) is 2.39. The van der Waals surface area contributed by atoms with Crippen LogP contribution in [0.1, 0.15) is 5.56 Å². The van der Waals surface area contributed by atoms with E-state index < -0.39 is 5.56 Å². The highest BCUT2D eigenvalue weighted by Crippen LogP contribution is 2.25. The highest BCUT2D eigenvalue weighted by molar-refractivity contribution is 7.99. The summed E-state index contributed by atoms with van der Waals surface area (Å²) in [4.78, 5) is 19.1. The Kier molecular flexibility index (Phi) is 4.99. The van der Waals surface area contributed by atoms with Crippen molar-refractivity contribution in [3.63, 3.8) is 0 Å². The van der Waals surface area contributed by atoms with Crippen LogP contribution in [0.5, 0.6) is 0 Å². The standard InChI is InChI=1S/C20H13N3OS/c1-2-12-25-20-22-18(17(13-21)19(24)23-20)16-10-8-15(9-11-16)14-6-4-3-5-7-14/h1,3-11H,12H2,(H,22,23,24). The number of thioether (sulfide) groups is 1. The van der Waals surface area contributed by atoms with Crippen LogP contribution < -0.4 is 5.56 Å². The Morgan fingerprint density at radius 2 is 1.68 bits per heavy atom. The largest absolute Gasteiger partial charge is 0.300 e. The van der Waals surface area contributed by atoms with Gasteiger partial charge in [0.15, 0.2) is 5.16 Å². The predicted molar refractivity (Wildman–Crippen MR) is 100 cm³/mol. The van der Waals surface area contributed by atoms with Gasteiger partial charge >= 0.3 is 0 Å². The third kappa shape index (κ3) is 3.63. The summed E-state index contributed by atoms with van der Waals surface area (Å²) in [5.41, 5.74) is 2.76. The van der Waals surface area contributed by atoms with Gasteiger partial charge in [-0.2, -0.15) is 5.26 Å². The molecule has 5 heteroatoms. The number of aromatic amines is 1. The first-order chi connectivity index (χ1) is 12.2. The van der Waals surface area contributed by atoms with Crippen LogP contribution in [0, 0.1) is 23.7 Å². The second kappa shape index (κ2) is 7.53. The maximum atomic E-state index is 12.1. The highest BCUT2D eigenvalue weighted by Gasteiger charge is 2.13. The van der Waals surface area contributed by atoms with E-state index in [1.54, 1.807) is 0 Å². The minimum atomic E-state index is -0.459. The van der Waals surface area contributed by atoms with Crippen LogP contribution in [0.15, 0.2) is 64.5 Å². The summed E-state index contributed by atoms with van der Waals surface area (Å²) in [5, 5.41) is 9.72. The Bertz CT molecular complexity index is 1030. The van der Waals surface area contributed by atoms with Crippen molar-refractivity contribution >= 4 is 11.8 Å². The molecule has 3 aromatic rings. The van der Waals surface area contributed by atoms with E-state index in [1.807, 2.05) is 60.7 Å². The van der Waals surface area contributed by atoms with Gasteiger partial charge in [0, 0.05) is 5.56 Å². The number of hydrogen-bond acceptors (Lipinski definition) is 4. The summed E-state index contributed by atoms with van der Waals surface area (Å²) in [7, 11) is 0. The summed E-state index contributed by atoms with van der Waals surface area (Å²) in [6, 6.07) is 19.5. The number of aromatic nitrogens is 2. The fourth-order valence-corrected chi connectivity index (χ4v) is 2.94. The lowest BCUT2D eigenvalue weighted by atomic mass is 10.0. The minimum Gasteiger partial charge on any atom is -0.300 e. The smallest absolute Gasteiger partial charge is 0.270 e. The third-order valence-corrected chi connectivity index (χ3v) is 4.34. The Hall–Kier alpha value is -3.28. The normalized spacial score (nSPS) is 10.0. The zero-order chi connectivity index (χ0) is 17.6. The van der Waals surface area contributed by atoms with Gasteiger partial charge in [-0.05, 0) is 11.1 Å². The van der Waals surface area contributed by atoms with E-state index in [4.69, 9.17) is 6.42 Å². The number of nitriles is 1. The average Bonchev–Trinajstić information content (AvgIpc) is 2.67. The van der Waals surface area contributed by atoms with Crippen LogP contribution in [0.2, 0.25) is 0 Å². The molecule has 0 amide bonds. The monoisotopic (exact) mass is 343 g/mol. The number of nitrogens with one attached hydrogen (secondary N) is 1. The van der Waals surface area contributed by atoms with Gasteiger partial charge in [-0.15, -0.1) is 6.42 Å². The first-order valence-electron chi connectivity index (χ1n) is 7.49. The maximum absolute atomic E-state index is 12.1. The quantitative estimate of drug-likeness (QED) is 0.445. The van der Waals surface area contributed by atoms with Crippen LogP contribution in [0.25, 0.3) is 22.4 Å². The lowest BCUT2D eigenvalue weighted by Gasteiger charge is -2.07. The van der Waals surface area contributed by atoms with Crippen LogP contribution in [0.3, 0.4) is 0 Å². The van der Waals surface area contributed by atoms with Gasteiger partial charge in [-0.1, -0.05) is 72.3 Å². The van der Waals surface area contributed by atoms with Crippen molar-refractivity contribution < 1.29 is 0 Å². The molecule has 1 aromatic heterocycles. The SMILES string of the molecule is C#CCSc1nc(-c2ccc(-c3ccccc3)cc2)c(C#N)c(=O)[nH]1. The molecule has 1 N–H and O–H groups in total. The van der Waals surface area contributed by atoms with Gasteiger partial charge in [0.1, 0.15) is 11.6 Å². The van der Waals surface area contributed by atoms with Crippen LogP contribution >= 0.6 is 11.8 Å². The summed E-state index contributed by atoms with van der Waals surface area (Å²) in [6.45, 7) is 0. The zero-order valence-corrected chi connectivity index (χ0v) is 14.0. The number of nitrogens with zero attached hydrogens (tertiary/aromatic N) is 2. The molecular weight excluding hydrogens is 330 g/mol. The topological polar surface area (TPSA) is 69.5 Å². The molecule has 120 valence electrons. The van der Waals surface area contributed by atoms with E-state index in [0.29, 0.717) is 22.2 Å². The first kappa shape index (κ1) is 16.6. The van der Waals surface area contributed by atoms with Crippen molar-refractivity contribution in [1.29, 1.82) is 5.26 Å². The first-order valence-corrected chi connectivity index (χ1v) is 8.48. The van der Waals surface area contributed by atoms with Gasteiger partial charge in [0.25, 0.3) is 5.56 Å². The number of hydrogen-bond donors (Lipinski definition) is 1. The number of benzene rings is 2. The van der Waals surface area contributed by atoms with Gasteiger partial charge in [-0.3, -0.25) is 4.79 Å². The molecule has 0 bridgehead atoms. The van der Waals surface area contributed by atoms with Crippen molar-refractivity contribution in [3.8, 4) is 40.8 Å². The summed E-state index contributed by atoms with van der Waals surface area (Å²) >= 11 is 1.25. The molecule has 0 saturated heterocycles. The van der Waals surface area contributed by atoms with Crippen LogP contribution in [0.4, 0.5) is 0 Å². The molecule has 0 fully saturated rings. The van der Waals surface area contributed by atoms with E-state index in [1.165, 1.54) is 11.8 Å². The highest BCUT2D eigenvalue weighted by atomic mass is 32.2. The van der Waals surface area contributed by atoms with E-state index in [-0.39, 0.29) is 5.56 Å². The third-order valence-electron chi connectivity index (χ3n) is 3.57. The summed E-state index contributed by atoms with van der Waals surface area (Å²) < 4.78 is 0. The van der Waals surface area contributed by atoms with E-state index >= 15 is 0 Å². The molecule has 1 heterocycles. The number of terminal acetylenes is 1. The molecule has 0 atom stereocenters. The lowest BCUT2D eigenvalue weighted by Crippen LogP contribution is -2.14. The molecule has 4 nitrogen and oxygen atoms in total. The van der Waals surface area contributed by atoms with Crippen molar-refractivity contribution in [3.05, 3.63) is 70.5 Å². The average molecular weight is 343 g/mol. The molecule has 0 aliphatic heterocycles. The molecule has 0 aliphatic carbocycles. The molecule has 0 saturated carbocycles.